The molecule has 0 saturated heterocycles. The van der Waals surface area contributed by atoms with Crippen LogP contribution < -0.4 is 0 Å². The summed E-state index contributed by atoms with van der Waals surface area (Å²) < 4.78 is 11.1. The molecule has 6 heteroatoms. The normalized spacial score (nSPS) is 40.5. The van der Waals surface area contributed by atoms with E-state index in [1.807, 2.05) is 14.2 Å². The molecular formula is C74H124O6. The van der Waals surface area contributed by atoms with Gasteiger partial charge in [0.2, 0.25) is 0 Å². The van der Waals surface area contributed by atoms with E-state index in [1.165, 1.54) is 218 Å². The van der Waals surface area contributed by atoms with Gasteiger partial charge < -0.3 is 9.47 Å². The van der Waals surface area contributed by atoms with Crippen LogP contribution in [-0.4, -0.2) is 49.6 Å². The summed E-state index contributed by atoms with van der Waals surface area (Å²) in [6.45, 7) is 4.61. The molecule has 0 aliphatic heterocycles. The van der Waals surface area contributed by atoms with Crippen molar-refractivity contribution < 1.29 is 28.7 Å². The molecule has 0 aromatic rings. The largest absolute Gasteiger partial charge is 0.381 e. The Labute approximate surface area is 491 Å². The average molecular weight is 1110 g/mol. The first-order valence-corrected chi connectivity index (χ1v) is 36.3. The van der Waals surface area contributed by atoms with Crippen molar-refractivity contribution in [2.75, 3.05) is 14.2 Å². The molecule has 0 radical (unpaired) electrons. The molecule has 0 amide bonds. The van der Waals surface area contributed by atoms with Gasteiger partial charge in [-0.3, -0.25) is 19.2 Å². The van der Waals surface area contributed by atoms with Gasteiger partial charge >= 0.3 is 0 Å². The lowest BCUT2D eigenvalue weighted by Crippen LogP contribution is -2.68. The predicted molar refractivity (Wildman–Crippen MR) is 328 cm³/mol. The van der Waals surface area contributed by atoms with Crippen LogP contribution in [0.3, 0.4) is 0 Å². The quantitative estimate of drug-likeness (QED) is 0.0707. The summed E-state index contributed by atoms with van der Waals surface area (Å²) >= 11 is 0. The van der Waals surface area contributed by atoms with Crippen LogP contribution in [0.25, 0.3) is 0 Å². The lowest BCUT2D eigenvalue weighted by Gasteiger charge is -2.58. The average Bonchev–Trinajstić information content (AvgIpc) is 3.66. The SMILES string of the molecule is CCCCCCCCCCC1CCC(C2CCC3(CC2)C(=O)C2(CCC(C4CCC(CCCCCCCCCC)CC4)CC2)C3=O)CC1.COC1CCC(C2CCC3(CC2)C(=O)C2(CCC(C4CCC(OC)CC4)CC2)C3=O)CC1. The zero-order valence-corrected chi connectivity index (χ0v) is 52.7. The van der Waals surface area contributed by atoms with Crippen LogP contribution >= 0.6 is 0 Å². The first kappa shape index (κ1) is 63.1. The molecule has 0 atom stereocenters. The third-order valence-corrected chi connectivity index (χ3v) is 26.5. The number of carbonyl (C=O) groups is 4. The number of ether oxygens (including phenoxy) is 2. The Hall–Kier alpha value is -1.40. The van der Waals surface area contributed by atoms with Crippen molar-refractivity contribution in [2.24, 2.45) is 80.8 Å². The minimum Gasteiger partial charge on any atom is -0.381 e. The van der Waals surface area contributed by atoms with E-state index < -0.39 is 21.7 Å². The molecule has 4 spiro atoms. The monoisotopic (exact) mass is 1110 g/mol. The van der Waals surface area contributed by atoms with E-state index in [0.717, 1.165) is 150 Å². The van der Waals surface area contributed by atoms with E-state index in [2.05, 4.69) is 13.8 Å². The van der Waals surface area contributed by atoms with Gasteiger partial charge in [-0.1, -0.05) is 155 Å². The van der Waals surface area contributed by atoms with Crippen molar-refractivity contribution in [1.82, 2.24) is 0 Å². The van der Waals surface area contributed by atoms with Gasteiger partial charge in [0.25, 0.3) is 0 Å². The molecule has 10 saturated carbocycles. The molecule has 6 nitrogen and oxygen atoms in total. The number of unbranched alkanes of at least 4 members (excludes halogenated alkanes) is 14. The molecule has 0 heterocycles. The maximum absolute atomic E-state index is 14.0. The number of rotatable bonds is 24. The summed E-state index contributed by atoms with van der Waals surface area (Å²) in [5.74, 6) is 9.76. The van der Waals surface area contributed by atoms with E-state index in [4.69, 9.17) is 9.47 Å². The highest BCUT2D eigenvalue weighted by atomic mass is 16.5. The zero-order chi connectivity index (χ0) is 56.0. The van der Waals surface area contributed by atoms with E-state index in [0.29, 0.717) is 47.2 Å². The topological polar surface area (TPSA) is 86.7 Å². The Bertz CT molecular complexity index is 1700. The second-order valence-corrected chi connectivity index (χ2v) is 30.6. The first-order chi connectivity index (χ1) is 39.0. The zero-order valence-electron chi connectivity index (χ0n) is 52.7. The Morgan fingerprint density at radius 1 is 0.275 bits per heavy atom. The molecule has 456 valence electrons. The van der Waals surface area contributed by atoms with Gasteiger partial charge in [-0.05, 0) is 239 Å². The molecule has 0 aromatic heterocycles. The summed E-state index contributed by atoms with van der Waals surface area (Å²) in [5.41, 5.74) is -2.26. The Morgan fingerprint density at radius 3 is 0.700 bits per heavy atom. The second kappa shape index (κ2) is 30.3. The van der Waals surface area contributed by atoms with Gasteiger partial charge in [-0.15, -0.1) is 0 Å². The highest BCUT2D eigenvalue weighted by molar-refractivity contribution is 6.31. The summed E-state index contributed by atoms with van der Waals surface area (Å²) in [5, 5.41) is 0. The summed E-state index contributed by atoms with van der Waals surface area (Å²) in [7, 11) is 3.66. The third-order valence-electron chi connectivity index (χ3n) is 26.5. The van der Waals surface area contributed by atoms with E-state index >= 15 is 0 Å². The van der Waals surface area contributed by atoms with E-state index in [9.17, 15) is 19.2 Å². The van der Waals surface area contributed by atoms with Crippen molar-refractivity contribution in [3.8, 4) is 0 Å². The molecule has 10 aliphatic carbocycles. The fraction of sp³-hybridized carbons (Fsp3) is 0.946. The van der Waals surface area contributed by atoms with Crippen molar-refractivity contribution in [3.63, 3.8) is 0 Å². The van der Waals surface area contributed by atoms with E-state index in [-0.39, 0.29) is 0 Å². The smallest absolute Gasteiger partial charge is 0.159 e. The molecule has 0 unspecified atom stereocenters. The fourth-order valence-corrected chi connectivity index (χ4v) is 21.0. The van der Waals surface area contributed by atoms with Gasteiger partial charge in [0.05, 0.1) is 33.9 Å². The molecule has 0 N–H and O–H groups in total. The van der Waals surface area contributed by atoms with Crippen LogP contribution in [0.1, 0.15) is 335 Å². The van der Waals surface area contributed by atoms with Crippen LogP contribution in [0.4, 0.5) is 0 Å². The minimum atomic E-state index is -0.580. The highest BCUT2D eigenvalue weighted by Crippen LogP contribution is 2.65. The Morgan fingerprint density at radius 2 is 0.475 bits per heavy atom. The van der Waals surface area contributed by atoms with Crippen LogP contribution in [0, 0.1) is 80.8 Å². The number of methoxy groups -OCH3 is 2. The van der Waals surface area contributed by atoms with Crippen LogP contribution in [0.5, 0.6) is 0 Å². The summed E-state index contributed by atoms with van der Waals surface area (Å²) in [6.07, 6.45) is 63.7. The van der Waals surface area contributed by atoms with Gasteiger partial charge in [0.15, 0.2) is 23.1 Å². The summed E-state index contributed by atoms with van der Waals surface area (Å²) in [6, 6.07) is 0. The maximum Gasteiger partial charge on any atom is 0.159 e. The van der Waals surface area contributed by atoms with Gasteiger partial charge in [0.1, 0.15) is 0 Å². The number of carbonyl (C=O) groups excluding carboxylic acids is 4. The van der Waals surface area contributed by atoms with Crippen LogP contribution in [0.15, 0.2) is 0 Å². The predicted octanol–water partition coefficient (Wildman–Crippen LogP) is 20.1. The van der Waals surface area contributed by atoms with Crippen molar-refractivity contribution in [1.29, 1.82) is 0 Å². The number of ketones is 4. The molecule has 0 bridgehead atoms. The van der Waals surface area contributed by atoms with Crippen LogP contribution in [0.2, 0.25) is 0 Å². The van der Waals surface area contributed by atoms with Crippen molar-refractivity contribution in [3.05, 3.63) is 0 Å². The highest BCUT2D eigenvalue weighted by Gasteiger charge is 2.72. The van der Waals surface area contributed by atoms with Gasteiger partial charge in [0, 0.05) is 14.2 Å². The summed E-state index contributed by atoms with van der Waals surface area (Å²) in [4.78, 5) is 55.2. The minimum absolute atomic E-state index is 0.359. The lowest BCUT2D eigenvalue weighted by atomic mass is 9.41. The molecule has 10 aliphatic rings. The molecule has 80 heavy (non-hydrogen) atoms. The standard InChI is InChI=1S/C46H80O2.C28H44O4/c1-3-5-7-9-11-13-15-17-19-37-21-25-39(26-22-37)41-29-33-45(34-30-41)43(47)46(44(45)48)35-31-42(32-36-46)40-27-23-38(24-28-40)20-18-16-14-12-10-8-6-4-2;1-31-23-7-3-19(4-8-23)21-11-15-27(16-12-21)25(29)28(26(27)30)17-13-22(14-18-28)20-5-9-24(32-2)10-6-20/h37-42H,3-36H2,1-2H3;19-24H,3-18H2,1-2H3. The van der Waals surface area contributed by atoms with Crippen LogP contribution in [-0.2, 0) is 28.7 Å². The lowest BCUT2D eigenvalue weighted by molar-refractivity contribution is -0.180. The maximum atomic E-state index is 14.0. The first-order valence-electron chi connectivity index (χ1n) is 36.3. The molecule has 10 rings (SSSR count). The van der Waals surface area contributed by atoms with Gasteiger partial charge in [-0.2, -0.15) is 0 Å². The molecular weight excluding hydrogens is 985 g/mol. The molecule has 0 aromatic carbocycles. The number of hydrogen-bond acceptors (Lipinski definition) is 6. The molecule has 10 fully saturated rings. The van der Waals surface area contributed by atoms with Crippen molar-refractivity contribution >= 4 is 23.1 Å². The fourth-order valence-electron chi connectivity index (χ4n) is 21.0. The second-order valence-electron chi connectivity index (χ2n) is 30.6. The number of Topliss-reactive ketones (excluding diaryl/α,β-unsaturated/α-hetero) is 4. The van der Waals surface area contributed by atoms with Crippen molar-refractivity contribution in [2.45, 2.75) is 347 Å². The Balaban J connectivity index is 0.000000209. The van der Waals surface area contributed by atoms with E-state index in [1.54, 1.807) is 0 Å². The Kier molecular flexibility index (Phi) is 23.9. The third kappa shape index (κ3) is 14.4. The van der Waals surface area contributed by atoms with Gasteiger partial charge in [-0.25, -0.2) is 0 Å². The number of hydrogen-bond donors (Lipinski definition) is 0.